The average Bonchev–Trinajstić information content (AvgIpc) is 2.76. The molecular formula is C24H33NO5. The van der Waals surface area contributed by atoms with Gasteiger partial charge < -0.3 is 24.3 Å². The topological polar surface area (TPSA) is 66.0 Å². The van der Waals surface area contributed by atoms with Crippen molar-refractivity contribution in [2.75, 3.05) is 38.4 Å². The smallest absolute Gasteiger partial charge is 0.255 e. The minimum Gasteiger partial charge on any atom is -0.490 e. The number of amides is 1. The van der Waals surface area contributed by atoms with E-state index in [4.69, 9.17) is 18.9 Å². The van der Waals surface area contributed by atoms with Crippen LogP contribution in [0.25, 0.3) is 0 Å². The number of hydrogen-bond acceptors (Lipinski definition) is 5. The Morgan fingerprint density at radius 2 is 1.57 bits per heavy atom. The summed E-state index contributed by atoms with van der Waals surface area (Å²) in [6, 6.07) is 12.9. The van der Waals surface area contributed by atoms with E-state index >= 15 is 0 Å². The summed E-state index contributed by atoms with van der Waals surface area (Å²) in [7, 11) is 0. The van der Waals surface area contributed by atoms with Gasteiger partial charge in [0, 0.05) is 17.9 Å². The third kappa shape index (κ3) is 8.05. The van der Waals surface area contributed by atoms with Gasteiger partial charge in [-0.15, -0.1) is 0 Å². The first-order valence-corrected chi connectivity index (χ1v) is 10.6. The second-order valence-corrected chi connectivity index (χ2v) is 6.76. The summed E-state index contributed by atoms with van der Waals surface area (Å²) in [5.74, 6) is 1.05. The molecule has 0 spiro atoms. The summed E-state index contributed by atoms with van der Waals surface area (Å²) < 4.78 is 22.4. The van der Waals surface area contributed by atoms with Crippen molar-refractivity contribution in [3.8, 4) is 11.5 Å². The fourth-order valence-corrected chi connectivity index (χ4v) is 2.70. The molecule has 0 radical (unpaired) electrons. The third-order valence-electron chi connectivity index (χ3n) is 4.16. The molecular weight excluding hydrogens is 382 g/mol. The number of hydrogen-bond donors (Lipinski definition) is 1. The van der Waals surface area contributed by atoms with Gasteiger partial charge in [-0.1, -0.05) is 26.0 Å². The van der Waals surface area contributed by atoms with Crippen molar-refractivity contribution in [2.45, 2.75) is 40.2 Å². The molecule has 0 aliphatic heterocycles. The van der Waals surface area contributed by atoms with Crippen molar-refractivity contribution in [3.63, 3.8) is 0 Å². The lowest BCUT2D eigenvalue weighted by molar-refractivity contribution is 0.0453. The Kier molecular flexibility index (Phi) is 10.8. The molecule has 2 rings (SSSR count). The zero-order valence-electron chi connectivity index (χ0n) is 18.2. The van der Waals surface area contributed by atoms with E-state index < -0.39 is 0 Å². The number of rotatable bonds is 14. The lowest BCUT2D eigenvalue weighted by Gasteiger charge is -2.14. The Balaban J connectivity index is 2.01. The average molecular weight is 416 g/mol. The minimum atomic E-state index is -0.201. The molecule has 2 aromatic carbocycles. The highest BCUT2D eigenvalue weighted by Crippen LogP contribution is 2.29. The number of carbonyl (C=O) groups is 1. The van der Waals surface area contributed by atoms with Gasteiger partial charge in [-0.2, -0.15) is 0 Å². The van der Waals surface area contributed by atoms with Crippen LogP contribution in [-0.4, -0.2) is 38.9 Å². The van der Waals surface area contributed by atoms with Gasteiger partial charge >= 0.3 is 0 Å². The van der Waals surface area contributed by atoms with Crippen LogP contribution in [-0.2, 0) is 16.1 Å². The standard InChI is InChI=1S/C24H33NO5/c1-4-12-29-22-11-10-20(17-23(22)30-13-5-2)24(26)25-21-9-7-8-19(16-21)18-28-15-14-27-6-3/h7-11,16-17H,4-6,12-15,18H2,1-3H3,(H,25,26). The third-order valence-corrected chi connectivity index (χ3v) is 4.16. The van der Waals surface area contributed by atoms with E-state index in [0.29, 0.717) is 62.4 Å². The van der Waals surface area contributed by atoms with Gasteiger partial charge in [0.15, 0.2) is 11.5 Å². The number of benzene rings is 2. The molecule has 1 N–H and O–H groups in total. The maximum absolute atomic E-state index is 12.8. The number of anilines is 1. The van der Waals surface area contributed by atoms with Crippen LogP contribution in [0.1, 0.15) is 49.5 Å². The number of ether oxygens (including phenoxy) is 4. The van der Waals surface area contributed by atoms with E-state index in [0.717, 1.165) is 18.4 Å². The predicted octanol–water partition coefficient (Wildman–Crippen LogP) is 5.07. The largest absolute Gasteiger partial charge is 0.490 e. The van der Waals surface area contributed by atoms with Crippen LogP contribution >= 0.6 is 0 Å². The van der Waals surface area contributed by atoms with Crippen molar-refractivity contribution in [1.82, 2.24) is 0 Å². The van der Waals surface area contributed by atoms with Gasteiger partial charge in [0.2, 0.25) is 0 Å². The molecule has 0 atom stereocenters. The molecule has 0 aromatic heterocycles. The summed E-state index contributed by atoms with van der Waals surface area (Å²) in [6.45, 7) is 9.48. The number of carbonyl (C=O) groups excluding carboxylic acids is 1. The molecule has 0 saturated heterocycles. The zero-order chi connectivity index (χ0) is 21.6. The molecule has 0 unspecified atom stereocenters. The molecule has 30 heavy (non-hydrogen) atoms. The van der Waals surface area contributed by atoms with Crippen molar-refractivity contribution in [2.24, 2.45) is 0 Å². The van der Waals surface area contributed by atoms with Crippen molar-refractivity contribution < 1.29 is 23.7 Å². The highest BCUT2D eigenvalue weighted by Gasteiger charge is 2.12. The Hall–Kier alpha value is -2.57. The van der Waals surface area contributed by atoms with Gasteiger partial charge in [0.25, 0.3) is 5.91 Å². The molecule has 0 bridgehead atoms. The van der Waals surface area contributed by atoms with E-state index in [1.165, 1.54) is 0 Å². The van der Waals surface area contributed by atoms with Crippen LogP contribution in [0.3, 0.4) is 0 Å². The summed E-state index contributed by atoms with van der Waals surface area (Å²) in [6.07, 6.45) is 1.78. The molecule has 0 saturated carbocycles. The summed E-state index contributed by atoms with van der Waals surface area (Å²) >= 11 is 0. The Labute approximate surface area is 179 Å². The quantitative estimate of drug-likeness (QED) is 0.436. The molecule has 164 valence electrons. The highest BCUT2D eigenvalue weighted by molar-refractivity contribution is 6.04. The van der Waals surface area contributed by atoms with Crippen LogP contribution in [0.2, 0.25) is 0 Å². The normalized spacial score (nSPS) is 10.6. The van der Waals surface area contributed by atoms with E-state index in [-0.39, 0.29) is 5.91 Å². The van der Waals surface area contributed by atoms with Crippen molar-refractivity contribution >= 4 is 11.6 Å². The fourth-order valence-electron chi connectivity index (χ4n) is 2.70. The SMILES string of the molecule is CCCOc1ccc(C(=O)Nc2cccc(COCCOCC)c2)cc1OCCC. The maximum Gasteiger partial charge on any atom is 0.255 e. The molecule has 0 heterocycles. The second-order valence-electron chi connectivity index (χ2n) is 6.76. The van der Waals surface area contributed by atoms with Gasteiger partial charge in [0.05, 0.1) is 33.0 Å². The lowest BCUT2D eigenvalue weighted by atomic mass is 10.1. The first-order valence-electron chi connectivity index (χ1n) is 10.6. The molecule has 2 aromatic rings. The summed E-state index contributed by atoms with van der Waals surface area (Å²) in [4.78, 5) is 12.8. The zero-order valence-corrected chi connectivity index (χ0v) is 18.2. The molecule has 0 aliphatic carbocycles. The van der Waals surface area contributed by atoms with E-state index in [1.54, 1.807) is 18.2 Å². The highest BCUT2D eigenvalue weighted by atomic mass is 16.5. The van der Waals surface area contributed by atoms with Crippen LogP contribution in [0, 0.1) is 0 Å². The minimum absolute atomic E-state index is 0.201. The van der Waals surface area contributed by atoms with Crippen molar-refractivity contribution in [1.29, 1.82) is 0 Å². The molecule has 6 nitrogen and oxygen atoms in total. The fraction of sp³-hybridized carbons (Fsp3) is 0.458. The van der Waals surface area contributed by atoms with E-state index in [1.807, 2.05) is 45.0 Å². The summed E-state index contributed by atoms with van der Waals surface area (Å²) in [5.41, 5.74) is 2.22. The molecule has 0 fully saturated rings. The first-order chi connectivity index (χ1) is 14.7. The van der Waals surface area contributed by atoms with Crippen LogP contribution in [0.5, 0.6) is 11.5 Å². The van der Waals surface area contributed by atoms with Crippen molar-refractivity contribution in [3.05, 3.63) is 53.6 Å². The van der Waals surface area contributed by atoms with E-state index in [2.05, 4.69) is 5.32 Å². The summed E-state index contributed by atoms with van der Waals surface area (Å²) in [5, 5.41) is 2.94. The first kappa shape index (κ1) is 23.7. The monoisotopic (exact) mass is 415 g/mol. The molecule has 1 amide bonds. The van der Waals surface area contributed by atoms with Gasteiger partial charge in [0.1, 0.15) is 0 Å². The van der Waals surface area contributed by atoms with Gasteiger partial charge in [-0.25, -0.2) is 0 Å². The van der Waals surface area contributed by atoms with Crippen LogP contribution < -0.4 is 14.8 Å². The predicted molar refractivity (Wildman–Crippen MR) is 119 cm³/mol. The van der Waals surface area contributed by atoms with Gasteiger partial charge in [-0.3, -0.25) is 4.79 Å². The molecule has 0 aliphatic rings. The number of nitrogens with one attached hydrogen (secondary N) is 1. The van der Waals surface area contributed by atoms with Crippen LogP contribution in [0.15, 0.2) is 42.5 Å². The van der Waals surface area contributed by atoms with Crippen LogP contribution in [0.4, 0.5) is 5.69 Å². The Bertz CT molecular complexity index is 778. The maximum atomic E-state index is 12.8. The van der Waals surface area contributed by atoms with E-state index in [9.17, 15) is 4.79 Å². The van der Waals surface area contributed by atoms with Gasteiger partial charge in [-0.05, 0) is 55.7 Å². The lowest BCUT2D eigenvalue weighted by Crippen LogP contribution is -2.13. The Morgan fingerprint density at radius 1 is 0.833 bits per heavy atom. The molecule has 6 heteroatoms. The Morgan fingerprint density at radius 3 is 2.30 bits per heavy atom. The second kappa shape index (κ2) is 13.6.